The Morgan fingerprint density at radius 1 is 1.15 bits per heavy atom. The van der Waals surface area contributed by atoms with Gasteiger partial charge in [-0.25, -0.2) is 0 Å². The molecular formula is C21H28N4O. The lowest BCUT2D eigenvalue weighted by Gasteiger charge is -2.33. The highest BCUT2D eigenvalue weighted by Gasteiger charge is 2.27. The van der Waals surface area contributed by atoms with Crippen LogP contribution in [-0.4, -0.2) is 53.4 Å². The first-order valence-corrected chi connectivity index (χ1v) is 9.86. The Hall–Kier alpha value is -2.14. The van der Waals surface area contributed by atoms with Crippen molar-refractivity contribution in [1.82, 2.24) is 14.8 Å². The maximum atomic E-state index is 12.7. The lowest BCUT2D eigenvalue weighted by atomic mass is 9.92. The van der Waals surface area contributed by atoms with Crippen molar-refractivity contribution in [3.63, 3.8) is 0 Å². The highest BCUT2D eigenvalue weighted by atomic mass is 16.2. The van der Waals surface area contributed by atoms with Crippen LogP contribution in [0.1, 0.15) is 43.7 Å². The van der Waals surface area contributed by atoms with Gasteiger partial charge in [-0.15, -0.1) is 0 Å². The Morgan fingerprint density at radius 3 is 2.81 bits per heavy atom. The van der Waals surface area contributed by atoms with Crippen molar-refractivity contribution >= 4 is 22.5 Å². The van der Waals surface area contributed by atoms with Gasteiger partial charge in [0.15, 0.2) is 0 Å². The number of rotatable bonds is 4. The molecule has 0 spiro atoms. The van der Waals surface area contributed by atoms with Crippen molar-refractivity contribution in [2.24, 2.45) is 0 Å². The number of carbonyl (C=O) groups excluding carboxylic acids is 1. The summed E-state index contributed by atoms with van der Waals surface area (Å²) in [5, 5.41) is 1.07. The highest BCUT2D eigenvalue weighted by molar-refractivity contribution is 5.82. The third kappa shape index (κ3) is 3.68. The topological polar surface area (TPSA) is 62.5 Å². The molecule has 0 bridgehead atoms. The van der Waals surface area contributed by atoms with Crippen LogP contribution in [0.25, 0.3) is 10.9 Å². The molecule has 5 heteroatoms. The second-order valence-corrected chi connectivity index (χ2v) is 7.63. The second kappa shape index (κ2) is 7.62. The number of hydrogen-bond donors (Lipinski definition) is 1. The van der Waals surface area contributed by atoms with Gasteiger partial charge in [0.25, 0.3) is 0 Å². The third-order valence-electron chi connectivity index (χ3n) is 5.79. The largest absolute Gasteiger partial charge is 0.397 e. The maximum absolute atomic E-state index is 12.7. The maximum Gasteiger partial charge on any atom is 0.223 e. The molecule has 3 heterocycles. The van der Waals surface area contributed by atoms with Crippen molar-refractivity contribution in [3.8, 4) is 0 Å². The zero-order valence-electron chi connectivity index (χ0n) is 15.4. The van der Waals surface area contributed by atoms with Crippen molar-refractivity contribution in [2.45, 2.75) is 38.0 Å². The number of likely N-dealkylation sites (tertiary alicyclic amines) is 2. The van der Waals surface area contributed by atoms with Gasteiger partial charge >= 0.3 is 0 Å². The third-order valence-corrected chi connectivity index (χ3v) is 5.79. The first-order chi connectivity index (χ1) is 12.7. The molecule has 2 N–H and O–H groups in total. The Labute approximate surface area is 155 Å². The van der Waals surface area contributed by atoms with Crippen LogP contribution in [-0.2, 0) is 4.79 Å². The molecular weight excluding hydrogens is 324 g/mol. The summed E-state index contributed by atoms with van der Waals surface area (Å²) in [5.74, 6) is 0.519. The lowest BCUT2D eigenvalue weighted by Crippen LogP contribution is -2.40. The molecule has 0 saturated carbocycles. The lowest BCUT2D eigenvalue weighted by molar-refractivity contribution is -0.132. The molecule has 1 unspecified atom stereocenters. The summed E-state index contributed by atoms with van der Waals surface area (Å²) in [7, 11) is 0. The smallest absolute Gasteiger partial charge is 0.223 e. The van der Waals surface area contributed by atoms with E-state index in [-0.39, 0.29) is 11.8 Å². The molecule has 26 heavy (non-hydrogen) atoms. The molecule has 2 aliphatic rings. The van der Waals surface area contributed by atoms with Gasteiger partial charge in [-0.1, -0.05) is 18.2 Å². The number of amides is 1. The van der Waals surface area contributed by atoms with E-state index in [0.29, 0.717) is 6.42 Å². The van der Waals surface area contributed by atoms with Crippen LogP contribution >= 0.6 is 0 Å². The SMILES string of the molecule is Nc1cc2ccccc2nc1C1CCCN(C(=O)CCN2CCCC2)C1. The Kier molecular flexibility index (Phi) is 5.07. The zero-order valence-corrected chi connectivity index (χ0v) is 15.4. The van der Waals surface area contributed by atoms with Gasteiger partial charge in [-0.2, -0.15) is 0 Å². The molecule has 1 aromatic heterocycles. The van der Waals surface area contributed by atoms with Crippen LogP contribution in [0.4, 0.5) is 5.69 Å². The Balaban J connectivity index is 1.44. The van der Waals surface area contributed by atoms with E-state index in [1.807, 2.05) is 35.2 Å². The zero-order chi connectivity index (χ0) is 17.9. The van der Waals surface area contributed by atoms with E-state index < -0.39 is 0 Å². The van der Waals surface area contributed by atoms with E-state index in [0.717, 1.165) is 67.8 Å². The molecule has 2 saturated heterocycles. The molecule has 4 rings (SSSR count). The average molecular weight is 352 g/mol. The summed E-state index contributed by atoms with van der Waals surface area (Å²) in [6.07, 6.45) is 5.24. The van der Waals surface area contributed by atoms with Crippen LogP contribution in [0.5, 0.6) is 0 Å². The molecule has 1 atom stereocenters. The first kappa shape index (κ1) is 17.3. The fraction of sp³-hybridized carbons (Fsp3) is 0.524. The van der Waals surface area contributed by atoms with E-state index in [1.165, 1.54) is 12.8 Å². The normalized spacial score (nSPS) is 21.4. The second-order valence-electron chi connectivity index (χ2n) is 7.63. The van der Waals surface area contributed by atoms with Crippen LogP contribution in [0.2, 0.25) is 0 Å². The number of nitrogens with two attached hydrogens (primary N) is 1. The standard InChI is InChI=1S/C21H28N4O/c22-18-14-16-6-1-2-8-19(16)23-21(18)17-7-5-12-25(15-17)20(26)9-13-24-10-3-4-11-24/h1-2,6,8,14,17H,3-5,7,9-13,15,22H2. The summed E-state index contributed by atoms with van der Waals surface area (Å²) in [6, 6.07) is 10.1. The Morgan fingerprint density at radius 2 is 1.96 bits per heavy atom. The quantitative estimate of drug-likeness (QED) is 0.919. The summed E-state index contributed by atoms with van der Waals surface area (Å²) >= 11 is 0. The summed E-state index contributed by atoms with van der Waals surface area (Å²) in [4.78, 5) is 21.9. The number of anilines is 1. The molecule has 2 fully saturated rings. The number of nitrogens with zero attached hydrogens (tertiary/aromatic N) is 3. The minimum Gasteiger partial charge on any atom is -0.397 e. The number of benzene rings is 1. The minimum atomic E-state index is 0.240. The van der Waals surface area contributed by atoms with Crippen molar-refractivity contribution in [2.75, 3.05) is 38.5 Å². The number of hydrogen-bond acceptors (Lipinski definition) is 4. The fourth-order valence-corrected chi connectivity index (χ4v) is 4.32. The predicted molar refractivity (Wildman–Crippen MR) is 105 cm³/mol. The van der Waals surface area contributed by atoms with Gasteiger partial charge in [0, 0.05) is 37.4 Å². The Bertz CT molecular complexity index is 785. The minimum absolute atomic E-state index is 0.240. The van der Waals surface area contributed by atoms with Crippen LogP contribution in [0, 0.1) is 0 Å². The van der Waals surface area contributed by atoms with Crippen molar-refractivity contribution in [3.05, 3.63) is 36.0 Å². The van der Waals surface area contributed by atoms with Gasteiger partial charge in [0.2, 0.25) is 5.91 Å². The first-order valence-electron chi connectivity index (χ1n) is 9.86. The monoisotopic (exact) mass is 352 g/mol. The van der Waals surface area contributed by atoms with E-state index >= 15 is 0 Å². The van der Waals surface area contributed by atoms with Crippen LogP contribution in [0.3, 0.4) is 0 Å². The van der Waals surface area contributed by atoms with E-state index in [2.05, 4.69) is 4.90 Å². The fourth-order valence-electron chi connectivity index (χ4n) is 4.32. The van der Waals surface area contributed by atoms with E-state index in [1.54, 1.807) is 0 Å². The van der Waals surface area contributed by atoms with Gasteiger partial charge in [-0.3, -0.25) is 9.78 Å². The van der Waals surface area contributed by atoms with Crippen molar-refractivity contribution in [1.29, 1.82) is 0 Å². The molecule has 2 aromatic rings. The van der Waals surface area contributed by atoms with E-state index in [9.17, 15) is 4.79 Å². The van der Waals surface area contributed by atoms with Gasteiger partial charge < -0.3 is 15.5 Å². The van der Waals surface area contributed by atoms with Crippen molar-refractivity contribution < 1.29 is 4.79 Å². The number of fused-ring (bicyclic) bond motifs is 1. The van der Waals surface area contributed by atoms with Crippen LogP contribution in [0.15, 0.2) is 30.3 Å². The number of piperidine rings is 1. The molecule has 138 valence electrons. The van der Waals surface area contributed by atoms with Gasteiger partial charge in [0.1, 0.15) is 0 Å². The molecule has 0 radical (unpaired) electrons. The molecule has 1 amide bonds. The number of pyridine rings is 1. The molecule has 1 aromatic carbocycles. The molecule has 0 aliphatic carbocycles. The molecule has 2 aliphatic heterocycles. The summed E-state index contributed by atoms with van der Waals surface area (Å²) in [6.45, 7) is 4.80. The number of carbonyl (C=O) groups is 1. The number of para-hydroxylation sites is 1. The van der Waals surface area contributed by atoms with Gasteiger partial charge in [0.05, 0.1) is 16.9 Å². The number of nitrogen functional groups attached to an aromatic ring is 1. The predicted octanol–water partition coefficient (Wildman–Crippen LogP) is 3.01. The van der Waals surface area contributed by atoms with Gasteiger partial charge in [-0.05, 0) is 50.9 Å². The average Bonchev–Trinajstić information content (AvgIpc) is 3.19. The number of aromatic nitrogens is 1. The van der Waals surface area contributed by atoms with Crippen LogP contribution < -0.4 is 5.73 Å². The molecule has 5 nitrogen and oxygen atoms in total. The van der Waals surface area contributed by atoms with E-state index in [4.69, 9.17) is 10.7 Å². The summed E-state index contributed by atoms with van der Waals surface area (Å²) < 4.78 is 0. The highest BCUT2D eigenvalue weighted by Crippen LogP contribution is 2.31. The summed E-state index contributed by atoms with van der Waals surface area (Å²) in [5.41, 5.74) is 9.00.